The average molecular weight is 516 g/mol. The van der Waals surface area contributed by atoms with Gasteiger partial charge in [0.05, 0.1) is 22.5 Å². The van der Waals surface area contributed by atoms with E-state index in [4.69, 9.17) is 5.10 Å². The summed E-state index contributed by atoms with van der Waals surface area (Å²) < 4.78 is 1.86. The molecule has 37 heavy (non-hydrogen) atoms. The van der Waals surface area contributed by atoms with Crippen LogP contribution >= 0.6 is 11.8 Å². The normalized spacial score (nSPS) is 20.5. The molecule has 1 aromatic carbocycles. The summed E-state index contributed by atoms with van der Waals surface area (Å²) in [6, 6.07) is 13.1. The highest BCUT2D eigenvalue weighted by atomic mass is 32.2. The van der Waals surface area contributed by atoms with Crippen molar-refractivity contribution in [3.05, 3.63) is 53.2 Å². The molecular weight excluding hydrogens is 482 g/mol. The third-order valence-corrected chi connectivity index (χ3v) is 8.51. The Morgan fingerprint density at radius 1 is 0.892 bits per heavy atom. The van der Waals surface area contributed by atoms with E-state index >= 15 is 0 Å². The maximum Gasteiger partial charge on any atom is 0.286 e. The molecule has 8 nitrogen and oxygen atoms in total. The third kappa shape index (κ3) is 5.02. The number of likely N-dealkylation sites (tertiary alicyclic amines) is 1. The van der Waals surface area contributed by atoms with Crippen LogP contribution in [-0.4, -0.2) is 80.8 Å². The molecule has 0 bridgehead atoms. The van der Waals surface area contributed by atoms with E-state index in [1.165, 1.54) is 23.9 Å². The molecule has 2 saturated heterocycles. The molecule has 3 aliphatic rings. The smallest absolute Gasteiger partial charge is 0.286 e. The Morgan fingerprint density at radius 2 is 1.65 bits per heavy atom. The van der Waals surface area contributed by atoms with Crippen LogP contribution in [0.1, 0.15) is 38.8 Å². The number of hydrogen-bond acceptors (Lipinski definition) is 7. The number of hydrogen-bond donors (Lipinski definition) is 0. The summed E-state index contributed by atoms with van der Waals surface area (Å²) in [7, 11) is 0. The molecule has 6 rings (SSSR count). The van der Waals surface area contributed by atoms with Crippen molar-refractivity contribution >= 4 is 40.2 Å². The van der Waals surface area contributed by atoms with Crippen LogP contribution in [0.3, 0.4) is 0 Å². The second kappa shape index (κ2) is 10.3. The summed E-state index contributed by atoms with van der Waals surface area (Å²) in [5.74, 6) is -0.178. The molecule has 0 atom stereocenters. The van der Waals surface area contributed by atoms with E-state index in [1.807, 2.05) is 28.9 Å². The minimum Gasteiger partial charge on any atom is -0.369 e. The van der Waals surface area contributed by atoms with Gasteiger partial charge in [0.25, 0.3) is 5.91 Å². The summed E-state index contributed by atoms with van der Waals surface area (Å²) in [5.41, 5.74) is 4.75. The first-order chi connectivity index (χ1) is 18.0. The van der Waals surface area contributed by atoms with Crippen molar-refractivity contribution in [1.82, 2.24) is 24.4 Å². The highest BCUT2D eigenvalue weighted by Gasteiger charge is 2.27. The summed E-state index contributed by atoms with van der Waals surface area (Å²) in [6.07, 6.45) is 7.27. The highest BCUT2D eigenvalue weighted by molar-refractivity contribution is 8.18. The first-order valence-corrected chi connectivity index (χ1v) is 14.1. The molecular formula is C28H33N7OS. The number of benzene rings is 1. The number of amides is 1. The van der Waals surface area contributed by atoms with Gasteiger partial charge in [-0.1, -0.05) is 12.1 Å². The molecule has 3 aliphatic heterocycles. The van der Waals surface area contributed by atoms with E-state index in [0.29, 0.717) is 10.9 Å². The summed E-state index contributed by atoms with van der Waals surface area (Å²) >= 11 is 1.46. The van der Waals surface area contributed by atoms with Gasteiger partial charge in [-0.3, -0.25) is 9.69 Å². The quantitative estimate of drug-likeness (QED) is 0.478. The molecule has 5 heterocycles. The van der Waals surface area contributed by atoms with Crippen molar-refractivity contribution in [3.63, 3.8) is 0 Å². The van der Waals surface area contributed by atoms with Crippen LogP contribution in [0, 0.1) is 0 Å². The number of thioether (sulfide) groups is 1. The van der Waals surface area contributed by atoms with Gasteiger partial charge in [0.15, 0.2) is 10.8 Å². The topological polar surface area (TPSA) is 69.3 Å². The minimum atomic E-state index is -0.178. The van der Waals surface area contributed by atoms with Gasteiger partial charge < -0.3 is 9.80 Å². The van der Waals surface area contributed by atoms with E-state index < -0.39 is 0 Å². The molecule has 0 aliphatic carbocycles. The van der Waals surface area contributed by atoms with Crippen molar-refractivity contribution in [2.45, 2.75) is 39.2 Å². The first kappa shape index (κ1) is 24.2. The number of piperazine rings is 1. The van der Waals surface area contributed by atoms with Crippen LogP contribution in [0.25, 0.3) is 23.0 Å². The lowest BCUT2D eigenvalue weighted by Crippen LogP contribution is -2.48. The number of imidazole rings is 1. The van der Waals surface area contributed by atoms with Crippen LogP contribution in [0.2, 0.25) is 0 Å². The summed E-state index contributed by atoms with van der Waals surface area (Å²) in [5, 5.41) is 5.64. The number of amidine groups is 1. The number of aliphatic imine (C=N–C) groups is 1. The number of aromatic nitrogens is 3. The molecule has 0 unspecified atom stereocenters. The van der Waals surface area contributed by atoms with E-state index in [0.717, 1.165) is 79.9 Å². The average Bonchev–Trinajstić information content (AvgIpc) is 3.52. The van der Waals surface area contributed by atoms with Gasteiger partial charge in [-0.15, -0.1) is 0 Å². The second-order valence-electron chi connectivity index (χ2n) is 10.2. The molecule has 0 spiro atoms. The first-order valence-electron chi connectivity index (χ1n) is 13.3. The predicted molar refractivity (Wildman–Crippen MR) is 151 cm³/mol. The minimum absolute atomic E-state index is 0.178. The molecule has 2 fully saturated rings. The van der Waals surface area contributed by atoms with Crippen LogP contribution in [0.15, 0.2) is 52.5 Å². The predicted octanol–water partition coefficient (Wildman–Crippen LogP) is 4.38. The maximum absolute atomic E-state index is 12.6. The molecule has 0 saturated carbocycles. The molecule has 2 aromatic heterocycles. The van der Waals surface area contributed by atoms with Crippen LogP contribution < -0.4 is 4.90 Å². The van der Waals surface area contributed by atoms with Crippen molar-refractivity contribution in [2.24, 2.45) is 4.99 Å². The van der Waals surface area contributed by atoms with Gasteiger partial charge >= 0.3 is 0 Å². The Hall–Kier alpha value is -3.17. The number of anilines is 1. The number of carbonyl (C=O) groups is 1. The van der Waals surface area contributed by atoms with Gasteiger partial charge in [0.2, 0.25) is 0 Å². The Bertz CT molecular complexity index is 1350. The molecule has 0 radical (unpaired) electrons. The Balaban J connectivity index is 1.20. The Labute approximate surface area is 222 Å². The number of nitrogens with zero attached hydrogens (tertiary/aromatic N) is 7. The lowest BCUT2D eigenvalue weighted by molar-refractivity contribution is -0.113. The molecule has 0 N–H and O–H groups in total. The molecule has 3 aromatic rings. The van der Waals surface area contributed by atoms with Gasteiger partial charge in [-0.2, -0.15) is 10.1 Å². The SMILES string of the molecule is CC(C)N1CCN(c2ccc(-c3cnc4ccc(C=C5SC(N6CCCCC6)=NC5=O)nn34)cc2)CC1. The second-order valence-corrected chi connectivity index (χ2v) is 11.2. The zero-order valence-electron chi connectivity index (χ0n) is 21.5. The number of piperidine rings is 1. The molecule has 192 valence electrons. The van der Waals surface area contributed by atoms with Crippen LogP contribution in [-0.2, 0) is 4.79 Å². The van der Waals surface area contributed by atoms with Crippen LogP contribution in [0.4, 0.5) is 5.69 Å². The molecule has 1 amide bonds. The largest absolute Gasteiger partial charge is 0.369 e. The van der Waals surface area contributed by atoms with Gasteiger partial charge in [0.1, 0.15) is 0 Å². The van der Waals surface area contributed by atoms with Crippen molar-refractivity contribution < 1.29 is 4.79 Å². The number of rotatable bonds is 4. The third-order valence-electron chi connectivity index (χ3n) is 7.47. The fourth-order valence-corrected chi connectivity index (χ4v) is 6.20. The van der Waals surface area contributed by atoms with Gasteiger partial charge in [0, 0.05) is 56.6 Å². The summed E-state index contributed by atoms with van der Waals surface area (Å²) in [6.45, 7) is 10.8. The summed E-state index contributed by atoms with van der Waals surface area (Å²) in [4.78, 5) is 29.3. The Morgan fingerprint density at radius 3 is 2.38 bits per heavy atom. The standard InChI is InChI=1S/C28H33N7OS/c1-20(2)32-14-16-33(17-15-32)23-9-6-21(7-10-23)24-19-29-26-11-8-22(31-35(24)26)18-25-27(36)30-28(37-25)34-12-4-3-5-13-34/h6-11,18-20H,3-5,12-17H2,1-2H3. The van der Waals surface area contributed by atoms with E-state index in [2.05, 4.69) is 62.8 Å². The van der Waals surface area contributed by atoms with Crippen molar-refractivity contribution in [2.75, 3.05) is 44.2 Å². The lowest BCUT2D eigenvalue weighted by atomic mass is 10.1. The van der Waals surface area contributed by atoms with Gasteiger partial charge in [-0.05, 0) is 75.2 Å². The van der Waals surface area contributed by atoms with E-state index in [-0.39, 0.29) is 5.91 Å². The number of fused-ring (bicyclic) bond motifs is 1. The van der Waals surface area contributed by atoms with Crippen LogP contribution in [0.5, 0.6) is 0 Å². The molecule has 9 heteroatoms. The fourth-order valence-electron chi connectivity index (χ4n) is 5.25. The monoisotopic (exact) mass is 515 g/mol. The van der Waals surface area contributed by atoms with E-state index in [9.17, 15) is 4.79 Å². The van der Waals surface area contributed by atoms with Gasteiger partial charge in [-0.25, -0.2) is 9.50 Å². The van der Waals surface area contributed by atoms with Crippen molar-refractivity contribution in [1.29, 1.82) is 0 Å². The zero-order chi connectivity index (χ0) is 25.4. The van der Waals surface area contributed by atoms with E-state index in [1.54, 1.807) is 0 Å². The lowest BCUT2D eigenvalue weighted by Gasteiger charge is -2.38. The highest BCUT2D eigenvalue weighted by Crippen LogP contribution is 2.31. The van der Waals surface area contributed by atoms with Crippen molar-refractivity contribution in [3.8, 4) is 11.3 Å². The maximum atomic E-state index is 12.6. The fraction of sp³-hybridized carbons (Fsp3) is 0.429. The number of carbonyl (C=O) groups excluding carboxylic acids is 1. The zero-order valence-corrected chi connectivity index (χ0v) is 22.3. The Kier molecular flexibility index (Phi) is 6.73.